The lowest BCUT2D eigenvalue weighted by atomic mass is 10.1. The molecule has 0 aliphatic heterocycles. The van der Waals surface area contributed by atoms with Crippen LogP contribution in [-0.4, -0.2) is 6.04 Å². The summed E-state index contributed by atoms with van der Waals surface area (Å²) in [6.07, 6.45) is 1.99. The average Bonchev–Trinajstić information content (AvgIpc) is 2.80. The summed E-state index contributed by atoms with van der Waals surface area (Å²) in [5.74, 6) is -0.183. The van der Waals surface area contributed by atoms with Gasteiger partial charge in [-0.1, -0.05) is 29.8 Å². The summed E-state index contributed by atoms with van der Waals surface area (Å²) < 4.78 is 13.3. The van der Waals surface area contributed by atoms with Crippen LogP contribution in [-0.2, 0) is 12.8 Å². The van der Waals surface area contributed by atoms with Crippen molar-refractivity contribution in [1.29, 1.82) is 0 Å². The fourth-order valence-corrected chi connectivity index (χ4v) is 3.12. The molecule has 3 rings (SSSR count). The largest absolute Gasteiger partial charge is 0.307 e. The zero-order chi connectivity index (χ0) is 14.1. The van der Waals surface area contributed by atoms with Gasteiger partial charge in [0.2, 0.25) is 0 Å². The van der Waals surface area contributed by atoms with Gasteiger partial charge in [-0.25, -0.2) is 4.39 Å². The first-order valence-corrected chi connectivity index (χ1v) is 7.28. The molecule has 1 aliphatic rings. The van der Waals surface area contributed by atoms with Crippen LogP contribution in [0.15, 0.2) is 42.5 Å². The summed E-state index contributed by atoms with van der Waals surface area (Å²) in [5.41, 5.74) is 3.67. The van der Waals surface area contributed by atoms with Crippen LogP contribution in [0.25, 0.3) is 0 Å². The second-order valence-electron chi connectivity index (χ2n) is 5.46. The molecule has 0 amide bonds. The highest BCUT2D eigenvalue weighted by Gasteiger charge is 2.23. The lowest BCUT2D eigenvalue weighted by Gasteiger charge is -2.19. The Labute approximate surface area is 123 Å². The predicted octanol–water partition coefficient (Wildman–Crippen LogP) is 4.30. The summed E-state index contributed by atoms with van der Waals surface area (Å²) in [5, 5.41) is 4.37. The van der Waals surface area contributed by atoms with E-state index in [0.717, 1.165) is 23.4 Å². The maximum absolute atomic E-state index is 13.3. The van der Waals surface area contributed by atoms with Crippen LogP contribution in [0, 0.1) is 5.82 Å². The molecule has 0 saturated carbocycles. The first-order valence-electron chi connectivity index (χ1n) is 6.90. The van der Waals surface area contributed by atoms with Crippen LogP contribution in [0.5, 0.6) is 0 Å². The molecule has 0 bridgehead atoms. The molecule has 0 aromatic heterocycles. The van der Waals surface area contributed by atoms with E-state index in [4.69, 9.17) is 11.6 Å². The Hall–Kier alpha value is -1.38. The first kappa shape index (κ1) is 13.6. The molecule has 1 unspecified atom stereocenters. The van der Waals surface area contributed by atoms with Gasteiger partial charge in [-0.15, -0.1) is 0 Å². The van der Waals surface area contributed by atoms with Crippen LogP contribution < -0.4 is 5.32 Å². The molecule has 2 aromatic carbocycles. The molecule has 104 valence electrons. The van der Waals surface area contributed by atoms with E-state index in [2.05, 4.69) is 18.3 Å². The molecule has 0 fully saturated rings. The van der Waals surface area contributed by atoms with Gasteiger partial charge in [-0.3, -0.25) is 0 Å². The number of halogens is 2. The smallest absolute Gasteiger partial charge is 0.123 e. The normalized spacial score (nSPS) is 18.9. The van der Waals surface area contributed by atoms with Gasteiger partial charge in [0, 0.05) is 17.1 Å². The number of rotatable bonds is 3. The van der Waals surface area contributed by atoms with E-state index in [1.165, 1.54) is 17.2 Å². The van der Waals surface area contributed by atoms with Gasteiger partial charge in [0.1, 0.15) is 5.82 Å². The van der Waals surface area contributed by atoms with Crippen molar-refractivity contribution in [3.8, 4) is 0 Å². The number of nitrogens with one attached hydrogen (secondary N) is 1. The monoisotopic (exact) mass is 289 g/mol. The van der Waals surface area contributed by atoms with Gasteiger partial charge in [0.05, 0.1) is 0 Å². The van der Waals surface area contributed by atoms with Crippen LogP contribution in [0.4, 0.5) is 4.39 Å². The highest BCUT2D eigenvalue weighted by molar-refractivity contribution is 6.30. The molecule has 0 radical (unpaired) electrons. The minimum atomic E-state index is -0.183. The van der Waals surface area contributed by atoms with E-state index in [0.29, 0.717) is 6.04 Å². The minimum absolute atomic E-state index is 0.139. The zero-order valence-electron chi connectivity index (χ0n) is 11.4. The summed E-state index contributed by atoms with van der Waals surface area (Å²) in [4.78, 5) is 0. The fraction of sp³-hybridized carbons (Fsp3) is 0.294. The molecule has 1 N–H and O–H groups in total. The number of benzene rings is 2. The van der Waals surface area contributed by atoms with Gasteiger partial charge in [-0.05, 0) is 60.7 Å². The molecule has 20 heavy (non-hydrogen) atoms. The Bertz CT molecular complexity index is 626. The standard InChI is InChI=1S/C17H17ClFN/c1-11(12-3-2-4-16(19)8-12)20-17-9-13-5-6-15(18)7-14(13)10-17/h2-8,11,17,20H,9-10H2,1H3/t11-,17?/m0/s1. The predicted molar refractivity (Wildman–Crippen MR) is 80.6 cm³/mol. The maximum Gasteiger partial charge on any atom is 0.123 e. The maximum atomic E-state index is 13.3. The second-order valence-corrected chi connectivity index (χ2v) is 5.90. The van der Waals surface area contributed by atoms with Crippen molar-refractivity contribution in [2.45, 2.75) is 31.8 Å². The Morgan fingerprint density at radius 1 is 1.15 bits per heavy atom. The zero-order valence-corrected chi connectivity index (χ0v) is 12.1. The van der Waals surface area contributed by atoms with Crippen molar-refractivity contribution in [2.75, 3.05) is 0 Å². The Morgan fingerprint density at radius 2 is 1.95 bits per heavy atom. The molecule has 2 aromatic rings. The summed E-state index contributed by atoms with van der Waals surface area (Å²) in [6, 6.07) is 13.4. The lowest BCUT2D eigenvalue weighted by Crippen LogP contribution is -2.32. The molecular weight excluding hydrogens is 273 g/mol. The topological polar surface area (TPSA) is 12.0 Å². The molecule has 1 nitrogen and oxygen atoms in total. The van der Waals surface area contributed by atoms with E-state index in [1.807, 2.05) is 18.2 Å². The molecule has 2 atom stereocenters. The van der Waals surface area contributed by atoms with E-state index in [9.17, 15) is 4.39 Å². The van der Waals surface area contributed by atoms with Crippen molar-refractivity contribution < 1.29 is 4.39 Å². The SMILES string of the molecule is C[C@H](NC1Cc2ccc(Cl)cc2C1)c1cccc(F)c1. The third kappa shape index (κ3) is 2.87. The quantitative estimate of drug-likeness (QED) is 0.888. The van der Waals surface area contributed by atoms with Crippen molar-refractivity contribution in [2.24, 2.45) is 0 Å². The van der Waals surface area contributed by atoms with Crippen molar-refractivity contribution in [3.63, 3.8) is 0 Å². The van der Waals surface area contributed by atoms with Gasteiger partial charge >= 0.3 is 0 Å². The highest BCUT2D eigenvalue weighted by Crippen LogP contribution is 2.27. The Balaban J connectivity index is 1.68. The Kier molecular flexibility index (Phi) is 3.77. The van der Waals surface area contributed by atoms with Gasteiger partial charge in [0.25, 0.3) is 0 Å². The van der Waals surface area contributed by atoms with Crippen molar-refractivity contribution >= 4 is 11.6 Å². The van der Waals surface area contributed by atoms with Crippen LogP contribution >= 0.6 is 11.6 Å². The summed E-state index contributed by atoms with van der Waals surface area (Å²) >= 11 is 6.03. The van der Waals surface area contributed by atoms with Crippen LogP contribution in [0.3, 0.4) is 0 Å². The molecule has 0 heterocycles. The number of fused-ring (bicyclic) bond motifs is 1. The van der Waals surface area contributed by atoms with E-state index in [-0.39, 0.29) is 11.9 Å². The van der Waals surface area contributed by atoms with Gasteiger partial charge in [0.15, 0.2) is 0 Å². The Morgan fingerprint density at radius 3 is 2.75 bits per heavy atom. The third-order valence-electron chi connectivity index (χ3n) is 3.94. The average molecular weight is 290 g/mol. The van der Waals surface area contributed by atoms with Crippen molar-refractivity contribution in [1.82, 2.24) is 5.32 Å². The molecule has 0 saturated heterocycles. The molecular formula is C17H17ClFN. The van der Waals surface area contributed by atoms with Crippen LogP contribution in [0.1, 0.15) is 29.7 Å². The summed E-state index contributed by atoms with van der Waals surface area (Å²) in [7, 11) is 0. The van der Waals surface area contributed by atoms with E-state index < -0.39 is 0 Å². The third-order valence-corrected chi connectivity index (χ3v) is 4.17. The van der Waals surface area contributed by atoms with Gasteiger partial charge < -0.3 is 5.32 Å². The lowest BCUT2D eigenvalue weighted by molar-refractivity contribution is 0.465. The van der Waals surface area contributed by atoms with Crippen molar-refractivity contribution in [3.05, 3.63) is 70.0 Å². The second kappa shape index (κ2) is 5.55. The first-order chi connectivity index (χ1) is 9.61. The number of hydrogen-bond acceptors (Lipinski definition) is 1. The summed E-state index contributed by atoms with van der Waals surface area (Å²) in [6.45, 7) is 2.07. The highest BCUT2D eigenvalue weighted by atomic mass is 35.5. The fourth-order valence-electron chi connectivity index (χ4n) is 2.93. The van der Waals surface area contributed by atoms with Crippen LogP contribution in [0.2, 0.25) is 5.02 Å². The molecule has 0 spiro atoms. The van der Waals surface area contributed by atoms with E-state index >= 15 is 0 Å². The molecule has 3 heteroatoms. The number of hydrogen-bond donors (Lipinski definition) is 1. The molecule has 1 aliphatic carbocycles. The minimum Gasteiger partial charge on any atom is -0.307 e. The van der Waals surface area contributed by atoms with E-state index in [1.54, 1.807) is 12.1 Å². The van der Waals surface area contributed by atoms with Gasteiger partial charge in [-0.2, -0.15) is 0 Å².